The fourth-order valence-electron chi connectivity index (χ4n) is 3.31. The number of hydrogen-bond acceptors (Lipinski definition) is 4. The molecule has 4 rings (SSSR count). The molecule has 25 heavy (non-hydrogen) atoms. The van der Waals surface area contributed by atoms with Crippen molar-refractivity contribution in [3.8, 4) is 11.3 Å². The number of hydrogen-bond donors (Lipinski definition) is 1. The van der Waals surface area contributed by atoms with Crippen molar-refractivity contribution < 1.29 is 13.6 Å². The molecule has 1 aliphatic heterocycles. The van der Waals surface area contributed by atoms with Crippen molar-refractivity contribution >= 4 is 11.7 Å². The molecule has 1 saturated carbocycles. The molecule has 2 aromatic heterocycles. The smallest absolute Gasteiger partial charge is 0.242 e. The molecule has 0 bridgehead atoms. The number of nitrogens with zero attached hydrogens (tertiary/aromatic N) is 4. The molecule has 8 heteroatoms. The number of carbonyl (C=O) groups is 1. The first-order chi connectivity index (χ1) is 12.1. The minimum absolute atomic E-state index is 0.122. The van der Waals surface area contributed by atoms with Crippen molar-refractivity contribution in [3.05, 3.63) is 30.6 Å². The lowest BCUT2D eigenvalue weighted by Gasteiger charge is -2.35. The quantitative estimate of drug-likeness (QED) is 0.919. The van der Waals surface area contributed by atoms with Crippen LogP contribution in [-0.4, -0.2) is 58.6 Å². The lowest BCUT2D eigenvalue weighted by atomic mass is 10.2. The van der Waals surface area contributed by atoms with Crippen molar-refractivity contribution in [3.63, 3.8) is 0 Å². The van der Waals surface area contributed by atoms with Gasteiger partial charge < -0.3 is 9.80 Å². The summed E-state index contributed by atoms with van der Waals surface area (Å²) in [6.07, 6.45) is 1.42. The van der Waals surface area contributed by atoms with Crippen LogP contribution in [0.5, 0.6) is 0 Å². The molecule has 3 heterocycles. The van der Waals surface area contributed by atoms with Crippen LogP contribution in [-0.2, 0) is 4.79 Å². The number of alkyl halides is 2. The summed E-state index contributed by atoms with van der Waals surface area (Å²) in [5.74, 6) is -0.515. The number of rotatable bonds is 4. The van der Waals surface area contributed by atoms with Gasteiger partial charge in [0.05, 0.1) is 5.69 Å². The molecule has 2 atom stereocenters. The Kier molecular flexibility index (Phi) is 4.10. The molecule has 6 nitrogen and oxygen atoms in total. The van der Waals surface area contributed by atoms with Gasteiger partial charge in [-0.2, -0.15) is 5.10 Å². The summed E-state index contributed by atoms with van der Waals surface area (Å²) >= 11 is 0. The van der Waals surface area contributed by atoms with Crippen molar-refractivity contribution in [2.24, 2.45) is 11.8 Å². The van der Waals surface area contributed by atoms with Crippen LogP contribution in [0.25, 0.3) is 11.3 Å². The summed E-state index contributed by atoms with van der Waals surface area (Å²) in [6.45, 7) is 2.38. The van der Waals surface area contributed by atoms with Crippen LogP contribution < -0.4 is 4.90 Å². The van der Waals surface area contributed by atoms with E-state index in [4.69, 9.17) is 0 Å². The van der Waals surface area contributed by atoms with Crippen molar-refractivity contribution in [1.29, 1.82) is 0 Å². The zero-order chi connectivity index (χ0) is 17.4. The van der Waals surface area contributed by atoms with Gasteiger partial charge in [-0.1, -0.05) is 0 Å². The van der Waals surface area contributed by atoms with Gasteiger partial charge in [-0.25, -0.2) is 8.78 Å². The zero-order valence-corrected chi connectivity index (χ0v) is 13.6. The number of aromatic nitrogens is 3. The highest BCUT2D eigenvalue weighted by Gasteiger charge is 2.50. The second kappa shape index (κ2) is 6.42. The van der Waals surface area contributed by atoms with Crippen LogP contribution in [0.2, 0.25) is 0 Å². The van der Waals surface area contributed by atoms with Crippen LogP contribution in [0.15, 0.2) is 30.6 Å². The number of pyridine rings is 1. The van der Waals surface area contributed by atoms with E-state index in [9.17, 15) is 13.6 Å². The third-order valence-electron chi connectivity index (χ3n) is 4.93. The lowest BCUT2D eigenvalue weighted by molar-refractivity contribution is -0.133. The van der Waals surface area contributed by atoms with Gasteiger partial charge in [-0.15, -0.1) is 0 Å². The van der Waals surface area contributed by atoms with Gasteiger partial charge in [0.25, 0.3) is 0 Å². The summed E-state index contributed by atoms with van der Waals surface area (Å²) in [7, 11) is 0. The normalized spacial score (nSPS) is 23.2. The molecule has 1 saturated heterocycles. The summed E-state index contributed by atoms with van der Waals surface area (Å²) in [5.41, 5.74) is 1.85. The van der Waals surface area contributed by atoms with E-state index in [-0.39, 0.29) is 5.91 Å². The number of H-pyrrole nitrogens is 1. The number of aromatic amines is 1. The molecule has 0 spiro atoms. The van der Waals surface area contributed by atoms with Crippen LogP contribution in [0.1, 0.15) is 6.42 Å². The average Bonchev–Trinajstić information content (AvgIpc) is 3.31. The number of carbonyl (C=O) groups excluding carboxylic acids is 1. The number of nitrogens with one attached hydrogen (secondary N) is 1. The number of piperazine rings is 1. The second-order valence-electron chi connectivity index (χ2n) is 6.53. The van der Waals surface area contributed by atoms with E-state index in [2.05, 4.69) is 20.1 Å². The first-order valence-electron chi connectivity index (χ1n) is 8.41. The van der Waals surface area contributed by atoms with E-state index in [1.807, 2.05) is 18.2 Å². The van der Waals surface area contributed by atoms with E-state index in [0.29, 0.717) is 32.6 Å². The minimum atomic E-state index is -2.38. The Balaban J connectivity index is 1.35. The van der Waals surface area contributed by atoms with Gasteiger partial charge in [0.15, 0.2) is 5.82 Å². The van der Waals surface area contributed by atoms with Gasteiger partial charge in [0.1, 0.15) is 0 Å². The van der Waals surface area contributed by atoms with E-state index in [1.54, 1.807) is 17.3 Å². The Labute approximate surface area is 143 Å². The Morgan fingerprint density at radius 3 is 2.72 bits per heavy atom. The zero-order valence-electron chi connectivity index (χ0n) is 13.6. The minimum Gasteiger partial charge on any atom is -0.352 e. The average molecular weight is 347 g/mol. The van der Waals surface area contributed by atoms with Gasteiger partial charge in [0.2, 0.25) is 12.3 Å². The molecular formula is C17H19F2N5O. The molecule has 2 aliphatic rings. The maximum Gasteiger partial charge on any atom is 0.242 e. The molecule has 0 radical (unpaired) electrons. The summed E-state index contributed by atoms with van der Waals surface area (Å²) in [6, 6.07) is 5.78. The Hall–Kier alpha value is -2.51. The molecule has 132 valence electrons. The Bertz CT molecular complexity index is 743. The number of halogens is 2. The van der Waals surface area contributed by atoms with Gasteiger partial charge in [-0.3, -0.25) is 14.9 Å². The van der Waals surface area contributed by atoms with Crippen molar-refractivity contribution in [1.82, 2.24) is 20.1 Å². The maximum absolute atomic E-state index is 12.6. The molecular weight excluding hydrogens is 328 g/mol. The largest absolute Gasteiger partial charge is 0.352 e. The topological polar surface area (TPSA) is 65.1 Å². The van der Waals surface area contributed by atoms with Crippen LogP contribution in [0, 0.1) is 11.8 Å². The highest BCUT2D eigenvalue weighted by Crippen LogP contribution is 2.44. The molecule has 0 aromatic carbocycles. The molecule has 0 unspecified atom stereocenters. The SMILES string of the molecule is O=C([C@H]1C[C@@H]1C(F)F)N1CCN(c2cc(-c3cccnc3)[nH]n2)CC1. The third kappa shape index (κ3) is 3.20. The highest BCUT2D eigenvalue weighted by molar-refractivity contribution is 5.82. The monoisotopic (exact) mass is 347 g/mol. The van der Waals surface area contributed by atoms with E-state index < -0.39 is 18.3 Å². The first-order valence-corrected chi connectivity index (χ1v) is 8.41. The summed E-state index contributed by atoms with van der Waals surface area (Å²) < 4.78 is 25.3. The van der Waals surface area contributed by atoms with Crippen LogP contribution >= 0.6 is 0 Å². The lowest BCUT2D eigenvalue weighted by Crippen LogP contribution is -2.49. The number of amides is 1. The Morgan fingerprint density at radius 2 is 2.08 bits per heavy atom. The van der Waals surface area contributed by atoms with Crippen LogP contribution in [0.4, 0.5) is 14.6 Å². The second-order valence-corrected chi connectivity index (χ2v) is 6.53. The fourth-order valence-corrected chi connectivity index (χ4v) is 3.31. The Morgan fingerprint density at radius 1 is 1.28 bits per heavy atom. The predicted octanol–water partition coefficient (Wildman–Crippen LogP) is 2.02. The fraction of sp³-hybridized carbons (Fsp3) is 0.471. The van der Waals surface area contributed by atoms with Gasteiger partial charge in [0, 0.05) is 62.0 Å². The molecule has 2 fully saturated rings. The summed E-state index contributed by atoms with van der Waals surface area (Å²) in [4.78, 5) is 20.1. The summed E-state index contributed by atoms with van der Waals surface area (Å²) in [5, 5.41) is 7.34. The van der Waals surface area contributed by atoms with E-state index in [1.165, 1.54) is 0 Å². The van der Waals surface area contributed by atoms with Gasteiger partial charge in [-0.05, 0) is 18.6 Å². The highest BCUT2D eigenvalue weighted by atomic mass is 19.3. The molecule has 2 aromatic rings. The number of anilines is 1. The maximum atomic E-state index is 12.6. The van der Waals surface area contributed by atoms with E-state index >= 15 is 0 Å². The third-order valence-corrected chi connectivity index (χ3v) is 4.93. The van der Waals surface area contributed by atoms with Crippen molar-refractivity contribution in [2.45, 2.75) is 12.8 Å². The van der Waals surface area contributed by atoms with Crippen molar-refractivity contribution in [2.75, 3.05) is 31.1 Å². The van der Waals surface area contributed by atoms with Gasteiger partial charge >= 0.3 is 0 Å². The molecule has 1 amide bonds. The predicted molar refractivity (Wildman–Crippen MR) is 88.2 cm³/mol. The van der Waals surface area contributed by atoms with E-state index in [0.717, 1.165) is 17.1 Å². The molecule has 1 aliphatic carbocycles. The standard InChI is InChI=1S/C17H19F2N5O/c18-16(19)12-8-13(12)17(25)24-6-4-23(5-7-24)15-9-14(21-22-15)11-2-1-3-20-10-11/h1-3,9-10,12-13,16H,4-8H2,(H,21,22)/t12-,13-/m0/s1. The molecule has 1 N–H and O–H groups in total. The first kappa shape index (κ1) is 16.0. The van der Waals surface area contributed by atoms with Crippen LogP contribution in [0.3, 0.4) is 0 Å².